The molecule has 313 valence electrons. The van der Waals surface area contributed by atoms with E-state index in [0.717, 1.165) is 44.9 Å². The van der Waals surface area contributed by atoms with Gasteiger partial charge in [0, 0.05) is 42.4 Å². The molecule has 0 aromatic carbocycles. The molecule has 13 heteroatoms. The normalized spacial score (nSPS) is 14.0. The Labute approximate surface area is 355 Å². The molecule has 0 saturated heterocycles. The maximum Gasteiger partial charge on any atom is 0.472 e. The van der Waals surface area contributed by atoms with E-state index in [-0.39, 0.29) is 49.0 Å². The predicted octanol–water partition coefficient (Wildman–Crippen LogP) is 10.2. The van der Waals surface area contributed by atoms with Crippen molar-refractivity contribution in [2.45, 2.75) is 180 Å². The van der Waals surface area contributed by atoms with Crippen LogP contribution in [0.3, 0.4) is 0 Å². The molecule has 0 bridgehead atoms. The number of ether oxygens (including phenoxy) is 2. The number of aliphatic carboxylic acids is 1. The van der Waals surface area contributed by atoms with Gasteiger partial charge in [-0.1, -0.05) is 152 Å². The Morgan fingerprint density at radius 1 is 0.582 bits per heavy atom. The Bertz CT molecular complexity index is 1110. The minimum Gasteiger partial charge on any atom is -0.480 e. The number of carboxylic acid groups (broad SMARTS) is 1. The van der Waals surface area contributed by atoms with Crippen LogP contribution in [-0.4, -0.2) is 89.4 Å². The van der Waals surface area contributed by atoms with E-state index in [4.69, 9.17) is 24.8 Å². The van der Waals surface area contributed by atoms with E-state index in [1.807, 2.05) is 12.2 Å². The van der Waals surface area contributed by atoms with Gasteiger partial charge in [-0.05, 0) is 51.4 Å². The topological polar surface area (TPSA) is 172 Å². The Morgan fingerprint density at radius 3 is 1.51 bits per heavy atom. The number of phosphoric acid groups is 1. The van der Waals surface area contributed by atoms with Gasteiger partial charge in [0.2, 0.25) is 0 Å². The number of nitrogens with two attached hydrogens (primary N) is 1. The van der Waals surface area contributed by atoms with Crippen LogP contribution in [0.25, 0.3) is 0 Å². The van der Waals surface area contributed by atoms with Crippen molar-refractivity contribution in [3.8, 4) is 0 Å². The first-order chi connectivity index (χ1) is 26.1. The molecule has 0 aromatic heterocycles. The number of unbranched alkanes of at least 4 members (excludes halogenated alkanes) is 16. The smallest absolute Gasteiger partial charge is 0.472 e. The summed E-state index contributed by atoms with van der Waals surface area (Å²) in [7, 11) is -4.73. The van der Waals surface area contributed by atoms with E-state index < -0.39 is 51.1 Å². The zero-order valence-corrected chi connectivity index (χ0v) is 37.4. The van der Waals surface area contributed by atoms with Gasteiger partial charge < -0.3 is 25.2 Å². The standard InChI is InChI=1S/C42H74NO10P.Na/c1-3-5-7-9-11-13-15-17-18-19-20-22-24-26-28-30-32-34-41(45)53-38(36-51-54(48,49)52-37-39(43)42(46)47)35-50-40(44)33-31-29-27-25-23-21-16-14-12-10-8-6-4-2;/h11,13,17-18,20,22,26,28,38-39H,3-10,12,14-16,19,21,23-25,27,29-37,43H2,1-2H3,(H,46,47)(H,48,49);/b13-11-,18-17-,22-20-,28-26-;/t38-,39+;/m1./s1. The summed E-state index contributed by atoms with van der Waals surface area (Å²) in [6.07, 6.45) is 40.4. The van der Waals surface area contributed by atoms with E-state index in [2.05, 4.69) is 54.8 Å². The molecule has 0 aliphatic carbocycles. The molecule has 0 spiro atoms. The third-order valence-corrected chi connectivity index (χ3v) is 9.53. The number of hydrogen-bond donors (Lipinski definition) is 3. The summed E-state index contributed by atoms with van der Waals surface area (Å²) in [6.45, 7) is 2.71. The van der Waals surface area contributed by atoms with Crippen LogP contribution in [0.4, 0.5) is 0 Å². The van der Waals surface area contributed by atoms with Gasteiger partial charge in [-0.2, -0.15) is 0 Å². The fourth-order valence-corrected chi connectivity index (χ4v) is 6.07. The molecular weight excluding hydrogens is 732 g/mol. The van der Waals surface area contributed by atoms with E-state index in [0.29, 0.717) is 19.3 Å². The van der Waals surface area contributed by atoms with Crippen molar-refractivity contribution in [1.29, 1.82) is 0 Å². The number of hydrogen-bond acceptors (Lipinski definition) is 9. The summed E-state index contributed by atoms with van der Waals surface area (Å²) in [5, 5.41) is 8.87. The number of carbonyl (C=O) groups excluding carboxylic acids is 2. The quantitative estimate of drug-likeness (QED) is 0.0178. The molecule has 0 aliphatic rings. The fraction of sp³-hybridized carbons (Fsp3) is 0.738. The third kappa shape index (κ3) is 40.4. The number of rotatable bonds is 38. The van der Waals surface area contributed by atoms with Crippen molar-refractivity contribution in [3.63, 3.8) is 0 Å². The first-order valence-electron chi connectivity index (χ1n) is 20.7. The molecule has 11 nitrogen and oxygen atoms in total. The van der Waals surface area contributed by atoms with E-state index >= 15 is 0 Å². The van der Waals surface area contributed by atoms with E-state index in [1.165, 1.54) is 77.0 Å². The SMILES string of the molecule is CCCCC/C=C\C/C=C\C/C=C\C/C=C\CCCC(=O)O[C@H](COC(=O)CCCCCCCCCCCCCCC)COP(=O)(O)OC[C@H](N)C(=O)O.[Na]. The molecule has 4 N–H and O–H groups in total. The summed E-state index contributed by atoms with van der Waals surface area (Å²) in [5.74, 6) is -2.45. The van der Waals surface area contributed by atoms with Crippen molar-refractivity contribution in [2.24, 2.45) is 5.73 Å². The molecular formula is C42H74NNaO10P. The van der Waals surface area contributed by atoms with Crippen LogP contribution in [0.1, 0.15) is 168 Å². The average Bonchev–Trinajstić information content (AvgIpc) is 3.14. The summed E-state index contributed by atoms with van der Waals surface area (Å²) in [6, 6.07) is -1.53. The van der Waals surface area contributed by atoms with E-state index in [1.54, 1.807) is 0 Å². The Hall–Kier alpha value is -1.56. The first kappa shape index (κ1) is 55.5. The minimum atomic E-state index is -4.73. The molecule has 1 unspecified atom stereocenters. The minimum absolute atomic E-state index is 0. The summed E-state index contributed by atoms with van der Waals surface area (Å²) >= 11 is 0. The maximum absolute atomic E-state index is 12.6. The Balaban J connectivity index is 0. The van der Waals surface area contributed by atoms with Crippen LogP contribution in [0.5, 0.6) is 0 Å². The van der Waals surface area contributed by atoms with Crippen LogP contribution in [0, 0.1) is 0 Å². The molecule has 0 heterocycles. The molecule has 0 amide bonds. The van der Waals surface area contributed by atoms with Crippen LogP contribution >= 0.6 is 7.82 Å². The molecule has 55 heavy (non-hydrogen) atoms. The third-order valence-electron chi connectivity index (χ3n) is 8.58. The van der Waals surface area contributed by atoms with Gasteiger partial charge in [0.15, 0.2) is 6.10 Å². The average molecular weight is 807 g/mol. The second-order valence-electron chi connectivity index (χ2n) is 13.8. The monoisotopic (exact) mass is 806 g/mol. The molecule has 0 fully saturated rings. The van der Waals surface area contributed by atoms with Gasteiger partial charge in [0.05, 0.1) is 13.2 Å². The molecule has 0 rings (SSSR count). The second kappa shape index (κ2) is 40.6. The van der Waals surface area contributed by atoms with Crippen LogP contribution in [0.2, 0.25) is 0 Å². The van der Waals surface area contributed by atoms with Crippen LogP contribution < -0.4 is 5.73 Å². The first-order valence-corrected chi connectivity index (χ1v) is 22.2. The van der Waals surface area contributed by atoms with Gasteiger partial charge in [-0.15, -0.1) is 0 Å². The number of carboxylic acids is 1. The molecule has 3 atom stereocenters. The molecule has 0 aliphatic heterocycles. The van der Waals surface area contributed by atoms with Gasteiger partial charge in [-0.25, -0.2) is 4.57 Å². The summed E-state index contributed by atoms with van der Waals surface area (Å²) in [4.78, 5) is 45.8. The molecule has 1 radical (unpaired) electrons. The fourth-order valence-electron chi connectivity index (χ4n) is 5.29. The van der Waals surface area contributed by atoms with Gasteiger partial charge in [0.1, 0.15) is 12.6 Å². The largest absolute Gasteiger partial charge is 0.480 e. The predicted molar refractivity (Wildman–Crippen MR) is 223 cm³/mol. The van der Waals surface area contributed by atoms with Crippen molar-refractivity contribution in [1.82, 2.24) is 0 Å². The number of allylic oxidation sites excluding steroid dienone is 8. The van der Waals surface area contributed by atoms with Gasteiger partial charge >= 0.3 is 25.7 Å². The van der Waals surface area contributed by atoms with Gasteiger partial charge in [0.25, 0.3) is 0 Å². The van der Waals surface area contributed by atoms with Crippen LogP contribution in [-0.2, 0) is 37.5 Å². The number of phosphoric ester groups is 1. The second-order valence-corrected chi connectivity index (χ2v) is 15.2. The van der Waals surface area contributed by atoms with Crippen LogP contribution in [0.15, 0.2) is 48.6 Å². The maximum atomic E-state index is 12.6. The molecule has 0 saturated carbocycles. The number of carbonyl (C=O) groups is 3. The van der Waals surface area contributed by atoms with Crippen molar-refractivity contribution >= 4 is 55.3 Å². The van der Waals surface area contributed by atoms with Gasteiger partial charge in [-0.3, -0.25) is 23.4 Å². The zero-order valence-electron chi connectivity index (χ0n) is 34.6. The number of esters is 2. The summed E-state index contributed by atoms with van der Waals surface area (Å²) in [5.41, 5.74) is 5.32. The van der Waals surface area contributed by atoms with Crippen molar-refractivity contribution in [2.75, 3.05) is 19.8 Å². The Kier molecular flexibility index (Phi) is 41.0. The molecule has 0 aromatic rings. The van der Waals surface area contributed by atoms with Crippen molar-refractivity contribution < 1.29 is 47.5 Å². The zero-order chi connectivity index (χ0) is 40.0. The summed E-state index contributed by atoms with van der Waals surface area (Å²) < 4.78 is 32.6. The van der Waals surface area contributed by atoms with E-state index in [9.17, 15) is 23.8 Å². The Morgan fingerprint density at radius 2 is 1.00 bits per heavy atom. The van der Waals surface area contributed by atoms with Crippen molar-refractivity contribution in [3.05, 3.63) is 48.6 Å².